The van der Waals surface area contributed by atoms with Gasteiger partial charge in [-0.2, -0.15) is 0 Å². The summed E-state index contributed by atoms with van der Waals surface area (Å²) < 4.78 is 5.22. The van der Waals surface area contributed by atoms with Crippen LogP contribution in [0.4, 0.5) is 11.4 Å². The number of hydrazine groups is 1. The van der Waals surface area contributed by atoms with Crippen molar-refractivity contribution in [1.82, 2.24) is 9.97 Å². The summed E-state index contributed by atoms with van der Waals surface area (Å²) in [6.45, 7) is 2.42. The first-order chi connectivity index (χ1) is 9.72. The monoisotopic (exact) mass is 273 g/mol. The van der Waals surface area contributed by atoms with Crippen molar-refractivity contribution in [2.75, 3.05) is 17.3 Å². The molecule has 0 saturated carbocycles. The predicted octanol–water partition coefficient (Wildman–Crippen LogP) is 1.41. The molecule has 0 bridgehead atoms. The second kappa shape index (κ2) is 6.48. The Hall–Kier alpha value is -2.67. The lowest BCUT2D eigenvalue weighted by molar-refractivity contribution is 0.102. The molecular weight excluding hydrogens is 258 g/mol. The molecular formula is C13H15N5O2. The van der Waals surface area contributed by atoms with Gasteiger partial charge in [-0.25, -0.2) is 4.98 Å². The molecule has 0 aliphatic carbocycles. The minimum atomic E-state index is -0.340. The summed E-state index contributed by atoms with van der Waals surface area (Å²) >= 11 is 0. The first-order valence-corrected chi connectivity index (χ1v) is 6.06. The summed E-state index contributed by atoms with van der Waals surface area (Å²) in [5.74, 6) is 5.46. The van der Waals surface area contributed by atoms with Crippen LogP contribution in [0.15, 0.2) is 36.7 Å². The number of nitrogens with one attached hydrogen (secondary N) is 2. The van der Waals surface area contributed by atoms with Crippen LogP contribution >= 0.6 is 0 Å². The Morgan fingerprint density at radius 2 is 2.15 bits per heavy atom. The zero-order chi connectivity index (χ0) is 14.4. The molecule has 0 unspecified atom stereocenters. The first kappa shape index (κ1) is 13.8. The molecule has 0 radical (unpaired) electrons. The SMILES string of the molecule is CCOc1ccc(NC(=O)c2cc(NN)ccn2)cn1. The van der Waals surface area contributed by atoms with E-state index >= 15 is 0 Å². The summed E-state index contributed by atoms with van der Waals surface area (Å²) in [5, 5.41) is 2.69. The molecule has 2 aromatic rings. The predicted molar refractivity (Wildman–Crippen MR) is 75.4 cm³/mol. The van der Waals surface area contributed by atoms with E-state index in [4.69, 9.17) is 10.6 Å². The van der Waals surface area contributed by atoms with E-state index in [1.54, 1.807) is 24.3 Å². The molecule has 2 rings (SSSR count). The molecule has 0 spiro atoms. The van der Waals surface area contributed by atoms with Gasteiger partial charge in [-0.15, -0.1) is 0 Å². The minimum absolute atomic E-state index is 0.259. The fourth-order valence-electron chi connectivity index (χ4n) is 1.53. The summed E-state index contributed by atoms with van der Waals surface area (Å²) in [5.41, 5.74) is 3.89. The number of ether oxygens (including phenoxy) is 1. The molecule has 20 heavy (non-hydrogen) atoms. The summed E-state index contributed by atoms with van der Waals surface area (Å²) in [6, 6.07) is 6.61. The second-order valence-electron chi connectivity index (χ2n) is 3.85. The van der Waals surface area contributed by atoms with Gasteiger partial charge in [0.15, 0.2) is 0 Å². The lowest BCUT2D eigenvalue weighted by Crippen LogP contribution is -2.15. The average molecular weight is 273 g/mol. The number of rotatable bonds is 5. The first-order valence-electron chi connectivity index (χ1n) is 6.06. The molecule has 2 heterocycles. The van der Waals surface area contributed by atoms with E-state index in [0.29, 0.717) is 23.9 Å². The van der Waals surface area contributed by atoms with Crippen LogP contribution in [0.2, 0.25) is 0 Å². The highest BCUT2D eigenvalue weighted by atomic mass is 16.5. The molecule has 7 nitrogen and oxygen atoms in total. The fourth-order valence-corrected chi connectivity index (χ4v) is 1.53. The molecule has 2 aromatic heterocycles. The smallest absolute Gasteiger partial charge is 0.274 e. The molecule has 0 saturated heterocycles. The summed E-state index contributed by atoms with van der Waals surface area (Å²) in [7, 11) is 0. The lowest BCUT2D eigenvalue weighted by Gasteiger charge is -2.07. The maximum Gasteiger partial charge on any atom is 0.274 e. The van der Waals surface area contributed by atoms with Crippen LogP contribution in [0.3, 0.4) is 0 Å². The fraction of sp³-hybridized carbons (Fsp3) is 0.154. The molecule has 0 fully saturated rings. The van der Waals surface area contributed by atoms with Gasteiger partial charge in [0.2, 0.25) is 5.88 Å². The highest BCUT2D eigenvalue weighted by molar-refractivity contribution is 6.03. The Kier molecular flexibility index (Phi) is 4.46. The van der Waals surface area contributed by atoms with E-state index in [2.05, 4.69) is 20.7 Å². The van der Waals surface area contributed by atoms with Crippen molar-refractivity contribution in [3.8, 4) is 5.88 Å². The molecule has 1 amide bonds. The number of hydrogen-bond donors (Lipinski definition) is 3. The van der Waals surface area contributed by atoms with Crippen molar-refractivity contribution in [2.45, 2.75) is 6.92 Å². The van der Waals surface area contributed by atoms with Crippen molar-refractivity contribution < 1.29 is 9.53 Å². The number of amides is 1. The molecule has 104 valence electrons. The highest BCUT2D eigenvalue weighted by Crippen LogP contribution is 2.13. The molecule has 0 aliphatic heterocycles. The number of nitrogen functional groups attached to an aromatic ring is 1. The van der Waals surface area contributed by atoms with Crippen LogP contribution in [0.25, 0.3) is 0 Å². The Bertz CT molecular complexity index is 586. The molecule has 0 aliphatic rings. The van der Waals surface area contributed by atoms with Crippen molar-refractivity contribution in [2.24, 2.45) is 5.84 Å². The van der Waals surface area contributed by atoms with Gasteiger partial charge in [-0.1, -0.05) is 0 Å². The van der Waals surface area contributed by atoms with Crippen molar-refractivity contribution >= 4 is 17.3 Å². The van der Waals surface area contributed by atoms with Gasteiger partial charge in [0.05, 0.1) is 24.2 Å². The van der Waals surface area contributed by atoms with E-state index in [-0.39, 0.29) is 11.6 Å². The Morgan fingerprint density at radius 1 is 1.30 bits per heavy atom. The van der Waals surface area contributed by atoms with E-state index in [1.807, 2.05) is 6.92 Å². The van der Waals surface area contributed by atoms with E-state index in [9.17, 15) is 4.79 Å². The normalized spacial score (nSPS) is 9.90. The van der Waals surface area contributed by atoms with Gasteiger partial charge in [0.25, 0.3) is 5.91 Å². The van der Waals surface area contributed by atoms with Gasteiger partial charge in [0, 0.05) is 12.3 Å². The quantitative estimate of drug-likeness (QED) is 0.562. The van der Waals surface area contributed by atoms with Crippen molar-refractivity contribution in [1.29, 1.82) is 0 Å². The molecule has 0 aromatic carbocycles. The number of carbonyl (C=O) groups is 1. The van der Waals surface area contributed by atoms with E-state index < -0.39 is 0 Å². The number of aromatic nitrogens is 2. The van der Waals surface area contributed by atoms with Crippen LogP contribution in [-0.2, 0) is 0 Å². The third kappa shape index (κ3) is 3.42. The van der Waals surface area contributed by atoms with Crippen LogP contribution in [0.1, 0.15) is 17.4 Å². The third-order valence-electron chi connectivity index (χ3n) is 2.45. The van der Waals surface area contributed by atoms with Gasteiger partial charge >= 0.3 is 0 Å². The van der Waals surface area contributed by atoms with Gasteiger partial charge < -0.3 is 15.5 Å². The lowest BCUT2D eigenvalue weighted by atomic mass is 10.3. The molecule has 0 atom stereocenters. The summed E-state index contributed by atoms with van der Waals surface area (Å²) in [6.07, 6.45) is 3.02. The number of nitrogens with zero attached hydrogens (tertiary/aromatic N) is 2. The second-order valence-corrected chi connectivity index (χ2v) is 3.85. The van der Waals surface area contributed by atoms with Gasteiger partial charge in [-0.3, -0.25) is 15.6 Å². The topological polar surface area (TPSA) is 102 Å². The highest BCUT2D eigenvalue weighted by Gasteiger charge is 2.08. The van der Waals surface area contributed by atoms with Gasteiger partial charge in [0.1, 0.15) is 5.69 Å². The van der Waals surface area contributed by atoms with Crippen LogP contribution in [0.5, 0.6) is 5.88 Å². The molecule has 4 N–H and O–H groups in total. The minimum Gasteiger partial charge on any atom is -0.478 e. The van der Waals surface area contributed by atoms with E-state index in [0.717, 1.165) is 0 Å². The zero-order valence-corrected chi connectivity index (χ0v) is 11.0. The Labute approximate surface area is 116 Å². The number of carbonyl (C=O) groups excluding carboxylic acids is 1. The van der Waals surface area contributed by atoms with Crippen LogP contribution in [0, 0.1) is 0 Å². The largest absolute Gasteiger partial charge is 0.478 e. The number of anilines is 2. The van der Waals surface area contributed by atoms with Crippen molar-refractivity contribution in [3.63, 3.8) is 0 Å². The van der Waals surface area contributed by atoms with E-state index in [1.165, 1.54) is 12.4 Å². The van der Waals surface area contributed by atoms with Crippen LogP contribution < -0.4 is 21.3 Å². The van der Waals surface area contributed by atoms with Gasteiger partial charge in [-0.05, 0) is 25.1 Å². The zero-order valence-electron chi connectivity index (χ0n) is 11.0. The number of nitrogens with two attached hydrogens (primary N) is 1. The number of pyridine rings is 2. The third-order valence-corrected chi connectivity index (χ3v) is 2.45. The Balaban J connectivity index is 2.06. The van der Waals surface area contributed by atoms with Crippen LogP contribution in [-0.4, -0.2) is 22.5 Å². The maximum atomic E-state index is 12.0. The molecule has 7 heteroatoms. The standard InChI is InChI=1S/C13H15N5O2/c1-2-20-12-4-3-10(8-16-12)17-13(19)11-7-9(18-14)5-6-15-11/h3-8H,2,14H2,1H3,(H,15,18)(H,17,19). The Morgan fingerprint density at radius 3 is 2.80 bits per heavy atom. The van der Waals surface area contributed by atoms with Crippen molar-refractivity contribution in [3.05, 3.63) is 42.4 Å². The number of hydrogen-bond acceptors (Lipinski definition) is 6. The summed E-state index contributed by atoms with van der Waals surface area (Å²) in [4.78, 5) is 20.0. The average Bonchev–Trinajstić information content (AvgIpc) is 2.49. The maximum absolute atomic E-state index is 12.0.